The van der Waals surface area contributed by atoms with Crippen molar-refractivity contribution in [3.05, 3.63) is 11.8 Å². The molecule has 0 aliphatic carbocycles. The zero-order valence-electron chi connectivity index (χ0n) is 7.76. The van der Waals surface area contributed by atoms with Gasteiger partial charge in [0.1, 0.15) is 5.69 Å². The Morgan fingerprint density at radius 1 is 1.50 bits per heavy atom. The molecular weight excluding hydrogens is 159 g/mol. The van der Waals surface area contributed by atoms with Crippen LogP contribution in [-0.2, 0) is 7.05 Å². The van der Waals surface area contributed by atoms with E-state index in [4.69, 9.17) is 4.74 Å². The second-order valence-electron chi connectivity index (χ2n) is 2.99. The summed E-state index contributed by atoms with van der Waals surface area (Å²) in [6.45, 7) is 3.90. The maximum Gasteiger partial charge on any atom is 0.292 e. The molecule has 0 spiro atoms. The van der Waals surface area contributed by atoms with Crippen LogP contribution in [0.15, 0.2) is 0 Å². The monoisotopic (exact) mass is 172 g/mol. The molecule has 0 bridgehead atoms. The van der Waals surface area contributed by atoms with E-state index in [1.165, 1.54) is 11.7 Å². The Balaban J connectivity index is 3.20. The van der Waals surface area contributed by atoms with Gasteiger partial charge in [-0.25, -0.2) is 4.98 Å². The van der Waals surface area contributed by atoms with Gasteiger partial charge in [0.15, 0.2) is 0 Å². The highest BCUT2D eigenvalue weighted by Crippen LogP contribution is 2.25. The first kappa shape index (κ1) is 9.03. The number of hydrogen-bond donors (Lipinski definition) is 0. The van der Waals surface area contributed by atoms with E-state index >= 15 is 0 Å². The molecule has 1 heterocycles. The predicted molar refractivity (Wildman–Crippen MR) is 43.8 cm³/mol. The summed E-state index contributed by atoms with van der Waals surface area (Å²) in [6, 6.07) is 0. The van der Waals surface area contributed by atoms with E-state index in [2.05, 4.69) is 4.98 Å². The highest BCUT2D eigenvalue weighted by atomic mass is 19.1. The van der Waals surface area contributed by atoms with Crippen molar-refractivity contribution in [1.29, 1.82) is 0 Å². The molecule has 1 aromatic heterocycles. The fourth-order valence-corrected chi connectivity index (χ4v) is 1.10. The second-order valence-corrected chi connectivity index (χ2v) is 2.99. The van der Waals surface area contributed by atoms with Gasteiger partial charge in [-0.3, -0.25) is 4.57 Å². The van der Waals surface area contributed by atoms with Crippen molar-refractivity contribution in [2.45, 2.75) is 19.8 Å². The van der Waals surface area contributed by atoms with Gasteiger partial charge < -0.3 is 4.74 Å². The molecule has 0 aliphatic heterocycles. The van der Waals surface area contributed by atoms with Crippen LogP contribution in [-0.4, -0.2) is 16.7 Å². The number of nitrogens with zero attached hydrogens (tertiary/aromatic N) is 2. The molecule has 0 amide bonds. The van der Waals surface area contributed by atoms with Crippen molar-refractivity contribution >= 4 is 0 Å². The minimum atomic E-state index is -0.504. The van der Waals surface area contributed by atoms with Gasteiger partial charge in [-0.2, -0.15) is 4.39 Å². The number of rotatable bonds is 2. The molecule has 1 rings (SSSR count). The lowest BCUT2D eigenvalue weighted by atomic mass is 10.1. The average Bonchev–Trinajstić information content (AvgIpc) is 2.29. The lowest BCUT2D eigenvalue weighted by molar-refractivity contribution is 0.362. The first-order valence-corrected chi connectivity index (χ1v) is 3.84. The molecule has 0 saturated carbocycles. The summed E-state index contributed by atoms with van der Waals surface area (Å²) in [6.07, 6.45) is -0.504. The Morgan fingerprint density at radius 3 is 2.42 bits per heavy atom. The van der Waals surface area contributed by atoms with Crippen molar-refractivity contribution in [2.75, 3.05) is 7.11 Å². The van der Waals surface area contributed by atoms with Gasteiger partial charge in [-0.05, 0) is 0 Å². The fraction of sp³-hybridized carbons (Fsp3) is 0.625. The van der Waals surface area contributed by atoms with E-state index in [0.29, 0.717) is 11.6 Å². The quantitative estimate of drug-likeness (QED) is 0.678. The Morgan fingerprint density at radius 2 is 2.08 bits per heavy atom. The van der Waals surface area contributed by atoms with E-state index in [1.807, 2.05) is 13.8 Å². The molecule has 0 aliphatic rings. The number of ether oxygens (including phenoxy) is 1. The minimum absolute atomic E-state index is 0.177. The summed E-state index contributed by atoms with van der Waals surface area (Å²) < 4.78 is 19.2. The Hall–Kier alpha value is -1.06. The molecule has 12 heavy (non-hydrogen) atoms. The maximum absolute atomic E-state index is 12.9. The van der Waals surface area contributed by atoms with Crippen LogP contribution in [0, 0.1) is 6.08 Å². The van der Waals surface area contributed by atoms with E-state index in [-0.39, 0.29) is 5.92 Å². The summed E-state index contributed by atoms with van der Waals surface area (Å²) in [7, 11) is 3.11. The molecule has 4 heteroatoms. The van der Waals surface area contributed by atoms with Crippen LogP contribution in [0.2, 0.25) is 0 Å². The number of halogens is 1. The predicted octanol–water partition coefficient (Wildman–Crippen LogP) is 1.69. The van der Waals surface area contributed by atoms with Crippen LogP contribution in [0.4, 0.5) is 4.39 Å². The topological polar surface area (TPSA) is 27.1 Å². The molecule has 1 aromatic rings. The van der Waals surface area contributed by atoms with E-state index < -0.39 is 6.08 Å². The van der Waals surface area contributed by atoms with Crippen LogP contribution in [0.3, 0.4) is 0 Å². The highest BCUT2D eigenvalue weighted by molar-refractivity contribution is 5.23. The lowest BCUT2D eigenvalue weighted by Gasteiger charge is -2.05. The highest BCUT2D eigenvalue weighted by Gasteiger charge is 2.17. The first-order chi connectivity index (χ1) is 5.57. The van der Waals surface area contributed by atoms with Crippen LogP contribution >= 0.6 is 0 Å². The van der Waals surface area contributed by atoms with E-state index in [9.17, 15) is 4.39 Å². The van der Waals surface area contributed by atoms with Crippen molar-refractivity contribution in [3.8, 4) is 5.88 Å². The third-order valence-electron chi connectivity index (χ3n) is 1.75. The van der Waals surface area contributed by atoms with Gasteiger partial charge in [0.2, 0.25) is 5.88 Å². The zero-order chi connectivity index (χ0) is 9.30. The van der Waals surface area contributed by atoms with Gasteiger partial charge in [0, 0.05) is 13.0 Å². The maximum atomic E-state index is 12.9. The fourth-order valence-electron chi connectivity index (χ4n) is 1.10. The van der Waals surface area contributed by atoms with Crippen LogP contribution in [0.25, 0.3) is 0 Å². The first-order valence-electron chi connectivity index (χ1n) is 3.84. The summed E-state index contributed by atoms with van der Waals surface area (Å²) in [5.41, 5.74) is 0.664. The van der Waals surface area contributed by atoms with Crippen molar-refractivity contribution in [3.63, 3.8) is 0 Å². The molecule has 3 nitrogen and oxygen atoms in total. The molecule has 0 saturated heterocycles. The van der Waals surface area contributed by atoms with Crippen molar-refractivity contribution < 1.29 is 9.13 Å². The van der Waals surface area contributed by atoms with Gasteiger partial charge in [0.05, 0.1) is 7.11 Å². The average molecular weight is 172 g/mol. The number of imidazole rings is 1. The minimum Gasteiger partial charge on any atom is -0.481 e. The summed E-state index contributed by atoms with van der Waals surface area (Å²) in [5.74, 6) is 0.679. The number of methoxy groups -OCH3 is 1. The molecule has 0 N–H and O–H groups in total. The SMILES string of the molecule is COc1c(C(C)C)nc(F)n1C. The standard InChI is InChI=1S/C8H13FN2O/c1-5(2)6-7(12-4)11(3)8(9)10-6/h5H,1-4H3. The Bertz CT molecular complexity index is 281. The van der Waals surface area contributed by atoms with Gasteiger partial charge >= 0.3 is 0 Å². The number of aromatic nitrogens is 2. The Kier molecular flexibility index (Phi) is 2.35. The lowest BCUT2D eigenvalue weighted by Crippen LogP contribution is -1.98. The molecule has 0 fully saturated rings. The Labute approximate surface area is 71.2 Å². The second kappa shape index (κ2) is 3.13. The third kappa shape index (κ3) is 1.29. The van der Waals surface area contributed by atoms with Crippen LogP contribution in [0.1, 0.15) is 25.5 Å². The number of hydrogen-bond acceptors (Lipinski definition) is 2. The van der Waals surface area contributed by atoms with Crippen LogP contribution in [0.5, 0.6) is 5.88 Å². The van der Waals surface area contributed by atoms with Crippen LogP contribution < -0.4 is 4.74 Å². The molecule has 0 unspecified atom stereocenters. The van der Waals surface area contributed by atoms with Crippen molar-refractivity contribution in [1.82, 2.24) is 9.55 Å². The molecule has 0 aromatic carbocycles. The van der Waals surface area contributed by atoms with E-state index in [1.54, 1.807) is 7.05 Å². The summed E-state index contributed by atoms with van der Waals surface area (Å²) in [5, 5.41) is 0. The van der Waals surface area contributed by atoms with Gasteiger partial charge in [-0.1, -0.05) is 13.8 Å². The van der Waals surface area contributed by atoms with Gasteiger partial charge in [0.25, 0.3) is 6.08 Å². The van der Waals surface area contributed by atoms with Gasteiger partial charge in [-0.15, -0.1) is 0 Å². The normalized spacial score (nSPS) is 10.8. The zero-order valence-corrected chi connectivity index (χ0v) is 7.76. The third-order valence-corrected chi connectivity index (χ3v) is 1.75. The molecular formula is C8H13FN2O. The largest absolute Gasteiger partial charge is 0.481 e. The molecule has 0 atom stereocenters. The summed E-state index contributed by atoms with van der Waals surface area (Å²) >= 11 is 0. The molecule has 68 valence electrons. The summed E-state index contributed by atoms with van der Waals surface area (Å²) in [4.78, 5) is 3.75. The van der Waals surface area contributed by atoms with E-state index in [0.717, 1.165) is 0 Å². The van der Waals surface area contributed by atoms with Crippen molar-refractivity contribution in [2.24, 2.45) is 7.05 Å². The molecule has 0 radical (unpaired) electrons. The smallest absolute Gasteiger partial charge is 0.292 e.